The van der Waals surface area contributed by atoms with Gasteiger partial charge in [-0.15, -0.1) is 0 Å². The molecule has 0 aliphatic carbocycles. The highest BCUT2D eigenvalue weighted by Crippen LogP contribution is 2.53. The minimum absolute atomic E-state index is 0.223. The minimum Gasteiger partial charge on any atom is -0.508 e. The fraction of sp³-hybridized carbons (Fsp3) is 0.294. The Kier molecular flexibility index (Phi) is 9.91. The topological polar surface area (TPSA) is 95.8 Å². The summed E-state index contributed by atoms with van der Waals surface area (Å²) in [6.07, 6.45) is 2.55. The maximum Gasteiger partial charge on any atom is 0.204 e. The summed E-state index contributed by atoms with van der Waals surface area (Å²) in [6.45, 7) is 0. The van der Waals surface area contributed by atoms with Gasteiger partial charge in [-0.1, -0.05) is 24.3 Å². The van der Waals surface area contributed by atoms with Gasteiger partial charge in [0.05, 0.1) is 42.7 Å². The van der Waals surface area contributed by atoms with Crippen LogP contribution in [0.15, 0.2) is 60.7 Å². The molecule has 0 fully saturated rings. The number of aromatic hydroxyl groups is 2. The summed E-state index contributed by atoms with van der Waals surface area (Å²) in [6, 6.07) is 18.5. The van der Waals surface area contributed by atoms with Crippen LogP contribution in [-0.4, -0.2) is 52.9 Å². The van der Waals surface area contributed by atoms with Crippen molar-refractivity contribution in [2.24, 2.45) is 0 Å². The quantitative estimate of drug-likeness (QED) is 0.190. The van der Waals surface area contributed by atoms with Crippen molar-refractivity contribution in [2.75, 3.05) is 42.7 Å². The number of phenolic OH excluding ortho intramolecular Hbond substituents is 2. The van der Waals surface area contributed by atoms with Gasteiger partial charge in [-0.3, -0.25) is 0 Å². The number of benzene rings is 4. The van der Waals surface area contributed by atoms with Gasteiger partial charge in [0.15, 0.2) is 23.0 Å². The lowest BCUT2D eigenvalue weighted by Crippen LogP contribution is -2.05. The normalized spacial score (nSPS) is 10.7. The third-order valence-corrected chi connectivity index (χ3v) is 7.24. The predicted octanol–water partition coefficient (Wildman–Crippen LogP) is 6.39. The lowest BCUT2D eigenvalue weighted by atomic mass is 9.93. The molecular weight excluding hydrogens is 536 g/mol. The summed E-state index contributed by atoms with van der Waals surface area (Å²) in [5.74, 6) is 3.48. The molecule has 8 nitrogen and oxygen atoms in total. The van der Waals surface area contributed by atoms with Crippen LogP contribution in [0.3, 0.4) is 0 Å². The summed E-state index contributed by atoms with van der Waals surface area (Å²) in [4.78, 5) is 0. The first-order valence-electron chi connectivity index (χ1n) is 13.6. The van der Waals surface area contributed by atoms with Gasteiger partial charge in [-0.25, -0.2) is 0 Å². The van der Waals surface area contributed by atoms with E-state index in [-0.39, 0.29) is 11.5 Å². The molecule has 0 amide bonds. The molecule has 0 aromatic heterocycles. The summed E-state index contributed by atoms with van der Waals surface area (Å²) < 4.78 is 35.2. The van der Waals surface area contributed by atoms with Crippen LogP contribution in [0.25, 0.3) is 11.1 Å². The Hall–Kier alpha value is -4.72. The summed E-state index contributed by atoms with van der Waals surface area (Å²) in [5, 5.41) is 19.9. The maximum atomic E-state index is 9.95. The van der Waals surface area contributed by atoms with Gasteiger partial charge < -0.3 is 38.6 Å². The highest BCUT2D eigenvalue weighted by atomic mass is 16.5. The molecule has 0 atom stereocenters. The molecule has 0 saturated carbocycles. The van der Waals surface area contributed by atoms with Crippen molar-refractivity contribution in [1.29, 1.82) is 0 Å². The molecule has 0 radical (unpaired) electrons. The molecule has 4 aromatic rings. The third-order valence-electron chi connectivity index (χ3n) is 7.24. The van der Waals surface area contributed by atoms with E-state index in [1.165, 1.54) is 0 Å². The molecule has 0 heterocycles. The number of aryl methyl sites for hydroxylation is 4. The van der Waals surface area contributed by atoms with E-state index in [0.717, 1.165) is 33.4 Å². The summed E-state index contributed by atoms with van der Waals surface area (Å²) >= 11 is 0. The molecule has 4 aromatic carbocycles. The highest BCUT2D eigenvalue weighted by molar-refractivity contribution is 5.85. The van der Waals surface area contributed by atoms with E-state index in [0.29, 0.717) is 60.2 Å². The van der Waals surface area contributed by atoms with Gasteiger partial charge in [-0.2, -0.15) is 0 Å². The lowest BCUT2D eigenvalue weighted by molar-refractivity contribution is 0.320. The van der Waals surface area contributed by atoms with Crippen molar-refractivity contribution >= 4 is 0 Å². The number of hydrogen-bond donors (Lipinski definition) is 2. The molecule has 8 heteroatoms. The van der Waals surface area contributed by atoms with Gasteiger partial charge in [-0.05, 0) is 84.3 Å². The van der Waals surface area contributed by atoms with E-state index in [4.69, 9.17) is 28.4 Å². The Bertz CT molecular complexity index is 1410. The lowest BCUT2D eigenvalue weighted by Gasteiger charge is -2.23. The predicted molar refractivity (Wildman–Crippen MR) is 162 cm³/mol. The van der Waals surface area contributed by atoms with Crippen molar-refractivity contribution in [3.63, 3.8) is 0 Å². The smallest absolute Gasteiger partial charge is 0.204 e. The van der Waals surface area contributed by atoms with E-state index in [1.54, 1.807) is 66.9 Å². The van der Waals surface area contributed by atoms with Gasteiger partial charge in [0, 0.05) is 11.1 Å². The van der Waals surface area contributed by atoms with Crippen molar-refractivity contribution in [2.45, 2.75) is 25.7 Å². The van der Waals surface area contributed by atoms with Crippen LogP contribution >= 0.6 is 0 Å². The van der Waals surface area contributed by atoms with E-state index in [2.05, 4.69) is 0 Å². The molecule has 0 aliphatic heterocycles. The summed E-state index contributed by atoms with van der Waals surface area (Å²) in [5.41, 5.74) is 5.24. The van der Waals surface area contributed by atoms with E-state index >= 15 is 0 Å². The van der Waals surface area contributed by atoms with Crippen LogP contribution < -0.4 is 28.4 Å². The van der Waals surface area contributed by atoms with Crippen LogP contribution in [0, 0.1) is 0 Å². The second-order valence-electron chi connectivity index (χ2n) is 9.71. The Morgan fingerprint density at radius 3 is 1.10 bits per heavy atom. The van der Waals surface area contributed by atoms with Crippen LogP contribution in [0.5, 0.6) is 46.0 Å². The SMILES string of the molecule is COc1c(CCc2cccc(O)c2)cc(-c2cc(CCc3cccc(O)c3)c(OC)c(OC)c2OC)c(OC)c1OC. The van der Waals surface area contributed by atoms with Gasteiger partial charge in [0.1, 0.15) is 11.5 Å². The van der Waals surface area contributed by atoms with Crippen molar-refractivity contribution < 1.29 is 38.6 Å². The van der Waals surface area contributed by atoms with Gasteiger partial charge >= 0.3 is 0 Å². The first-order valence-corrected chi connectivity index (χ1v) is 13.6. The highest BCUT2D eigenvalue weighted by Gasteiger charge is 2.28. The molecule has 4 rings (SSSR count). The molecule has 42 heavy (non-hydrogen) atoms. The van der Waals surface area contributed by atoms with Crippen LogP contribution in [0.2, 0.25) is 0 Å². The van der Waals surface area contributed by atoms with Crippen molar-refractivity contribution in [3.8, 4) is 57.1 Å². The second-order valence-corrected chi connectivity index (χ2v) is 9.71. The Morgan fingerprint density at radius 2 is 0.786 bits per heavy atom. The Morgan fingerprint density at radius 1 is 0.429 bits per heavy atom. The van der Waals surface area contributed by atoms with Crippen molar-refractivity contribution in [1.82, 2.24) is 0 Å². The Balaban J connectivity index is 1.89. The molecule has 2 N–H and O–H groups in total. The first kappa shape index (κ1) is 30.2. The molecule has 0 spiro atoms. The number of phenols is 2. The molecule has 222 valence electrons. The fourth-order valence-electron chi connectivity index (χ4n) is 5.33. The van der Waals surface area contributed by atoms with E-state index in [9.17, 15) is 10.2 Å². The molecular formula is C34H38O8. The zero-order valence-electron chi connectivity index (χ0n) is 24.9. The number of rotatable bonds is 13. The fourth-order valence-corrected chi connectivity index (χ4v) is 5.33. The van der Waals surface area contributed by atoms with Crippen molar-refractivity contribution in [3.05, 3.63) is 82.9 Å². The number of methoxy groups -OCH3 is 6. The van der Waals surface area contributed by atoms with E-state index in [1.807, 2.05) is 36.4 Å². The van der Waals surface area contributed by atoms with E-state index < -0.39 is 0 Å². The summed E-state index contributed by atoms with van der Waals surface area (Å²) in [7, 11) is 9.54. The monoisotopic (exact) mass is 574 g/mol. The zero-order chi connectivity index (χ0) is 30.2. The molecule has 0 saturated heterocycles. The number of hydrogen-bond acceptors (Lipinski definition) is 8. The standard InChI is InChI=1S/C34H38O8/c1-37-29-23(15-13-21-9-7-11-25(35)17-21)19-27(31(39-3)33(29)41-5)28-20-24(16-14-22-10-8-12-26(36)18-22)30(38-2)34(42-6)32(28)40-4/h7-12,17-20,35-36H,13-16H2,1-6H3. The average Bonchev–Trinajstić information content (AvgIpc) is 3.00. The van der Waals surface area contributed by atoms with Gasteiger partial charge in [0.2, 0.25) is 11.5 Å². The average molecular weight is 575 g/mol. The minimum atomic E-state index is 0.223. The largest absolute Gasteiger partial charge is 0.508 e. The maximum absolute atomic E-state index is 9.95. The first-order chi connectivity index (χ1) is 20.4. The van der Waals surface area contributed by atoms with Crippen LogP contribution in [-0.2, 0) is 25.7 Å². The molecule has 0 aliphatic rings. The van der Waals surface area contributed by atoms with Gasteiger partial charge in [0.25, 0.3) is 0 Å². The molecule has 0 unspecified atom stereocenters. The van der Waals surface area contributed by atoms with Crippen LogP contribution in [0.1, 0.15) is 22.3 Å². The third kappa shape index (κ3) is 6.28. The Labute approximate surface area is 247 Å². The second kappa shape index (κ2) is 13.8. The molecule has 0 bridgehead atoms. The number of ether oxygens (including phenoxy) is 6. The zero-order valence-corrected chi connectivity index (χ0v) is 24.9. The van der Waals surface area contributed by atoms with Crippen LogP contribution in [0.4, 0.5) is 0 Å².